The third-order valence-electron chi connectivity index (χ3n) is 5.11. The van der Waals surface area contributed by atoms with Crippen molar-refractivity contribution in [3.05, 3.63) is 93.5 Å². The Morgan fingerprint density at radius 3 is 2.46 bits per heavy atom. The third kappa shape index (κ3) is 8.70. The lowest BCUT2D eigenvalue weighted by atomic mass is 10.0. The van der Waals surface area contributed by atoms with Gasteiger partial charge in [0.15, 0.2) is 11.5 Å². The topological polar surface area (TPSA) is 98.2 Å². The van der Waals surface area contributed by atoms with Crippen molar-refractivity contribution in [1.82, 2.24) is 10.7 Å². The highest BCUT2D eigenvalue weighted by Crippen LogP contribution is 2.36. The summed E-state index contributed by atoms with van der Waals surface area (Å²) >= 11 is 12.4. The zero-order valence-corrected chi connectivity index (χ0v) is 21.9. The zero-order valence-electron chi connectivity index (χ0n) is 20.4. The van der Waals surface area contributed by atoms with E-state index in [4.69, 9.17) is 37.4 Å². The molecule has 0 heterocycles. The number of halogens is 2. The number of amides is 2. The molecule has 0 bridgehead atoms. The summed E-state index contributed by atoms with van der Waals surface area (Å²) in [7, 11) is 1.50. The van der Waals surface area contributed by atoms with Gasteiger partial charge in [0.1, 0.15) is 6.61 Å². The summed E-state index contributed by atoms with van der Waals surface area (Å²) in [5.41, 5.74) is 4.74. The van der Waals surface area contributed by atoms with Crippen LogP contribution in [0.15, 0.2) is 71.8 Å². The second-order valence-electron chi connectivity index (χ2n) is 7.77. The van der Waals surface area contributed by atoms with E-state index >= 15 is 0 Å². The van der Waals surface area contributed by atoms with Crippen molar-refractivity contribution in [2.75, 3.05) is 13.7 Å². The molecule has 1 atom stereocenters. The van der Waals surface area contributed by atoms with Gasteiger partial charge in [0.25, 0.3) is 0 Å². The van der Waals surface area contributed by atoms with Crippen LogP contribution in [-0.4, -0.2) is 31.9 Å². The second-order valence-corrected chi connectivity index (χ2v) is 8.62. The lowest BCUT2D eigenvalue weighted by Gasteiger charge is -2.18. The maximum atomic E-state index is 12.5. The Labute approximate surface area is 225 Å². The fourth-order valence-corrected chi connectivity index (χ4v) is 3.75. The van der Waals surface area contributed by atoms with E-state index in [2.05, 4.69) is 15.8 Å². The Bertz CT molecular complexity index is 1220. The number of nitrogens with one attached hydrogen (secondary N) is 2. The Hall–Kier alpha value is -3.75. The molecule has 8 nitrogen and oxygen atoms in total. The average molecular weight is 544 g/mol. The fourth-order valence-electron chi connectivity index (χ4n) is 3.35. The van der Waals surface area contributed by atoms with E-state index in [-0.39, 0.29) is 19.6 Å². The van der Waals surface area contributed by atoms with E-state index in [1.165, 1.54) is 13.3 Å². The van der Waals surface area contributed by atoms with Gasteiger partial charge in [-0.2, -0.15) is 5.10 Å². The lowest BCUT2D eigenvalue weighted by Crippen LogP contribution is -2.33. The van der Waals surface area contributed by atoms with Crippen LogP contribution < -0.4 is 20.2 Å². The summed E-state index contributed by atoms with van der Waals surface area (Å²) < 4.78 is 16.2. The largest absolute Gasteiger partial charge is 0.493 e. The van der Waals surface area contributed by atoms with Crippen LogP contribution in [0, 0.1) is 0 Å². The van der Waals surface area contributed by atoms with Crippen molar-refractivity contribution in [1.29, 1.82) is 0 Å². The number of methoxy groups -OCH3 is 1. The quantitative estimate of drug-likeness (QED) is 0.231. The molecule has 37 heavy (non-hydrogen) atoms. The monoisotopic (exact) mass is 543 g/mol. The molecule has 0 radical (unpaired) electrons. The highest BCUT2D eigenvalue weighted by Gasteiger charge is 2.19. The Balaban J connectivity index is 1.63. The average Bonchev–Trinajstić information content (AvgIpc) is 2.89. The van der Waals surface area contributed by atoms with Crippen LogP contribution in [0.5, 0.6) is 11.5 Å². The number of benzene rings is 3. The molecule has 3 rings (SSSR count). The number of rotatable bonds is 11. The first-order chi connectivity index (χ1) is 17.9. The van der Waals surface area contributed by atoms with Gasteiger partial charge in [-0.1, -0.05) is 65.7 Å². The highest BCUT2D eigenvalue weighted by atomic mass is 35.5. The molecule has 2 amide bonds. The molecule has 10 heteroatoms. The smallest absolute Gasteiger partial charge is 0.407 e. The van der Waals surface area contributed by atoms with E-state index in [1.807, 2.05) is 42.5 Å². The van der Waals surface area contributed by atoms with Gasteiger partial charge in [0.05, 0.1) is 37.4 Å². The number of ether oxygens (including phenoxy) is 3. The molecule has 194 valence electrons. The summed E-state index contributed by atoms with van der Waals surface area (Å²) in [5, 5.41) is 7.68. The molecule has 0 aliphatic carbocycles. The van der Waals surface area contributed by atoms with Gasteiger partial charge in [0, 0.05) is 5.02 Å². The molecule has 3 aromatic carbocycles. The molecule has 0 aromatic heterocycles. The van der Waals surface area contributed by atoms with Crippen LogP contribution in [0.3, 0.4) is 0 Å². The second kappa shape index (κ2) is 14.1. The number of hydrogen-bond acceptors (Lipinski definition) is 6. The predicted molar refractivity (Wildman–Crippen MR) is 143 cm³/mol. The summed E-state index contributed by atoms with van der Waals surface area (Å²) in [6, 6.07) is 19.2. The number of carbonyl (C=O) groups excluding carboxylic acids is 2. The summed E-state index contributed by atoms with van der Waals surface area (Å²) in [4.78, 5) is 24.5. The maximum absolute atomic E-state index is 12.5. The SMILES string of the molecule is CCOC(=O)N[C@@H](CC(=O)N/N=C\c1cc(Cl)c(OCc2ccc(Cl)cc2)c(OC)c1)c1ccccc1. The van der Waals surface area contributed by atoms with Crippen LogP contribution >= 0.6 is 23.2 Å². The molecule has 0 saturated carbocycles. The van der Waals surface area contributed by atoms with E-state index in [1.54, 1.807) is 31.2 Å². The molecular weight excluding hydrogens is 517 g/mol. The van der Waals surface area contributed by atoms with Crippen LogP contribution in [-0.2, 0) is 16.1 Å². The van der Waals surface area contributed by atoms with Crippen molar-refractivity contribution in [3.8, 4) is 11.5 Å². The van der Waals surface area contributed by atoms with Gasteiger partial charge in [0.2, 0.25) is 5.91 Å². The molecule has 0 fully saturated rings. The number of nitrogens with zero attached hydrogens (tertiary/aromatic N) is 1. The number of carbonyl (C=O) groups is 2. The number of hydrazone groups is 1. The van der Waals surface area contributed by atoms with E-state index < -0.39 is 18.0 Å². The first-order valence-electron chi connectivity index (χ1n) is 11.4. The fraction of sp³-hybridized carbons (Fsp3) is 0.222. The molecule has 0 unspecified atom stereocenters. The first-order valence-corrected chi connectivity index (χ1v) is 12.2. The Morgan fingerprint density at radius 1 is 1.05 bits per heavy atom. The van der Waals surface area contributed by atoms with E-state index in [0.29, 0.717) is 27.1 Å². The Morgan fingerprint density at radius 2 is 1.78 bits per heavy atom. The first kappa shape index (κ1) is 27.8. The van der Waals surface area contributed by atoms with Crippen molar-refractivity contribution >= 4 is 41.4 Å². The predicted octanol–water partition coefficient (Wildman–Crippen LogP) is 5.91. The van der Waals surface area contributed by atoms with Crippen LogP contribution in [0.1, 0.15) is 36.1 Å². The molecule has 2 N–H and O–H groups in total. The maximum Gasteiger partial charge on any atom is 0.407 e. The van der Waals surface area contributed by atoms with Gasteiger partial charge in [-0.15, -0.1) is 0 Å². The minimum absolute atomic E-state index is 0.0400. The molecule has 0 aliphatic heterocycles. The molecule has 0 saturated heterocycles. The number of hydrogen-bond donors (Lipinski definition) is 2. The summed E-state index contributed by atoms with van der Waals surface area (Å²) in [5.74, 6) is 0.399. The van der Waals surface area contributed by atoms with Crippen molar-refractivity contribution in [2.24, 2.45) is 5.10 Å². The summed E-state index contributed by atoms with van der Waals surface area (Å²) in [6.07, 6.45) is 0.792. The molecule has 3 aromatic rings. The highest BCUT2D eigenvalue weighted by molar-refractivity contribution is 6.32. The van der Waals surface area contributed by atoms with Crippen molar-refractivity contribution < 1.29 is 23.8 Å². The Kier molecular flexibility index (Phi) is 10.6. The third-order valence-corrected chi connectivity index (χ3v) is 5.64. The lowest BCUT2D eigenvalue weighted by molar-refractivity contribution is -0.121. The molecule has 0 spiro atoms. The zero-order chi connectivity index (χ0) is 26.6. The van der Waals surface area contributed by atoms with E-state index in [9.17, 15) is 9.59 Å². The van der Waals surface area contributed by atoms with E-state index in [0.717, 1.165) is 11.1 Å². The minimum atomic E-state index is -0.604. The van der Waals surface area contributed by atoms with Gasteiger partial charge in [-0.25, -0.2) is 10.2 Å². The van der Waals surface area contributed by atoms with Crippen molar-refractivity contribution in [2.45, 2.75) is 26.0 Å². The normalized spacial score (nSPS) is 11.6. The molecule has 0 aliphatic rings. The van der Waals surface area contributed by atoms with Gasteiger partial charge < -0.3 is 19.5 Å². The number of alkyl carbamates (subject to hydrolysis) is 1. The van der Waals surface area contributed by atoms with Crippen molar-refractivity contribution in [3.63, 3.8) is 0 Å². The van der Waals surface area contributed by atoms with Crippen LogP contribution in [0.4, 0.5) is 4.79 Å². The molecular formula is C27H27Cl2N3O5. The van der Waals surface area contributed by atoms with Crippen LogP contribution in [0.2, 0.25) is 10.0 Å². The van der Waals surface area contributed by atoms with Gasteiger partial charge in [-0.3, -0.25) is 4.79 Å². The van der Waals surface area contributed by atoms with Gasteiger partial charge in [-0.05, 0) is 47.9 Å². The van der Waals surface area contributed by atoms with Gasteiger partial charge >= 0.3 is 6.09 Å². The summed E-state index contributed by atoms with van der Waals surface area (Å²) in [6.45, 7) is 2.21. The van der Waals surface area contributed by atoms with Crippen LogP contribution in [0.25, 0.3) is 0 Å². The standard InChI is InChI=1S/C27H27Cl2N3O5/c1-3-36-27(34)31-23(20-7-5-4-6-8-20)15-25(33)32-30-16-19-13-22(29)26(24(14-19)35-2)37-17-18-9-11-21(28)12-10-18/h4-14,16,23H,3,15,17H2,1-2H3,(H,31,34)(H,32,33)/b30-16-/t23-/m0/s1. The minimum Gasteiger partial charge on any atom is -0.493 e.